The van der Waals surface area contributed by atoms with Gasteiger partial charge in [-0.15, -0.1) is 0 Å². The summed E-state index contributed by atoms with van der Waals surface area (Å²) in [5.74, 6) is 2.38. The van der Waals surface area contributed by atoms with Gasteiger partial charge in [-0.2, -0.15) is 0 Å². The van der Waals surface area contributed by atoms with Crippen LogP contribution in [0, 0.1) is 17.3 Å². The number of hydrogen-bond donors (Lipinski definition) is 1. The zero-order chi connectivity index (χ0) is 15.3. The summed E-state index contributed by atoms with van der Waals surface area (Å²) < 4.78 is 5.43. The van der Waals surface area contributed by atoms with Crippen molar-refractivity contribution in [2.75, 3.05) is 0 Å². The molecule has 1 N–H and O–H groups in total. The summed E-state index contributed by atoms with van der Waals surface area (Å²) in [6.07, 6.45) is 6.89. The smallest absolute Gasteiger partial charge is 0.293 e. The molecule has 1 aromatic rings. The average Bonchev–Trinajstić information content (AvgIpc) is 2.84. The largest absolute Gasteiger partial charge is 0.508 e. The van der Waals surface area contributed by atoms with Gasteiger partial charge in [-0.1, -0.05) is 13.0 Å². The third-order valence-electron chi connectivity index (χ3n) is 6.84. The van der Waals surface area contributed by atoms with Gasteiger partial charge in [0, 0.05) is 5.41 Å². The molecule has 0 aliphatic heterocycles. The molecule has 0 radical (unpaired) electrons. The number of phenols is 1. The van der Waals surface area contributed by atoms with Gasteiger partial charge in [0.05, 0.1) is 0 Å². The van der Waals surface area contributed by atoms with Crippen molar-refractivity contribution in [2.45, 2.75) is 57.5 Å². The SMILES string of the molecule is C[C@]12CC[C@@H]3c4ccc(O)cc4CC[C@H]3[C@@H]1CCC2OC=O. The van der Waals surface area contributed by atoms with E-state index < -0.39 is 0 Å². The maximum Gasteiger partial charge on any atom is 0.293 e. The number of hydrogen-bond acceptors (Lipinski definition) is 3. The van der Waals surface area contributed by atoms with Crippen LogP contribution in [-0.2, 0) is 16.0 Å². The van der Waals surface area contributed by atoms with E-state index in [0.717, 1.165) is 19.3 Å². The topological polar surface area (TPSA) is 46.5 Å². The Bertz CT molecular complexity index is 596. The molecule has 3 nitrogen and oxygen atoms in total. The highest BCUT2D eigenvalue weighted by atomic mass is 16.5. The second-order valence-electron chi connectivity index (χ2n) is 7.64. The molecule has 22 heavy (non-hydrogen) atoms. The maximum atomic E-state index is 10.8. The first kappa shape index (κ1) is 14.1. The Balaban J connectivity index is 1.66. The van der Waals surface area contributed by atoms with Gasteiger partial charge < -0.3 is 9.84 Å². The number of carbonyl (C=O) groups excluding carboxylic acids is 1. The van der Waals surface area contributed by atoms with Crippen molar-refractivity contribution in [3.8, 4) is 5.75 Å². The van der Waals surface area contributed by atoms with Crippen LogP contribution < -0.4 is 0 Å². The first-order valence-electron chi connectivity index (χ1n) is 8.54. The fourth-order valence-electron chi connectivity index (χ4n) is 5.81. The van der Waals surface area contributed by atoms with Gasteiger partial charge in [0.2, 0.25) is 0 Å². The van der Waals surface area contributed by atoms with E-state index >= 15 is 0 Å². The van der Waals surface area contributed by atoms with Crippen LogP contribution in [0.3, 0.4) is 0 Å². The lowest BCUT2D eigenvalue weighted by Crippen LogP contribution is -2.44. The Hall–Kier alpha value is -1.51. The van der Waals surface area contributed by atoms with Crippen molar-refractivity contribution in [3.05, 3.63) is 29.3 Å². The molecule has 1 aromatic carbocycles. The van der Waals surface area contributed by atoms with Crippen LogP contribution in [0.2, 0.25) is 0 Å². The Morgan fingerprint density at radius 2 is 2.14 bits per heavy atom. The van der Waals surface area contributed by atoms with Gasteiger partial charge >= 0.3 is 0 Å². The van der Waals surface area contributed by atoms with Gasteiger partial charge in [-0.25, -0.2) is 0 Å². The first-order chi connectivity index (χ1) is 10.6. The summed E-state index contributed by atoms with van der Waals surface area (Å²) in [5.41, 5.74) is 2.95. The molecule has 1 unspecified atom stereocenters. The predicted octanol–water partition coefficient (Wildman–Crippen LogP) is 3.79. The third kappa shape index (κ3) is 1.90. The van der Waals surface area contributed by atoms with Gasteiger partial charge in [-0.3, -0.25) is 4.79 Å². The van der Waals surface area contributed by atoms with Crippen LogP contribution >= 0.6 is 0 Å². The molecule has 0 bridgehead atoms. The standard InChI is InChI=1S/C19H24O3/c1-19-9-8-15-14-5-3-13(21)10-12(14)2-4-16(15)17(19)6-7-18(19)22-11-20/h3,5,10-11,15-18,21H,2,4,6-9H2,1H3/t15-,16-,17+,18?,19+/m1/s1. The molecule has 3 aliphatic carbocycles. The quantitative estimate of drug-likeness (QED) is 0.845. The molecule has 0 saturated heterocycles. The Morgan fingerprint density at radius 1 is 1.27 bits per heavy atom. The molecule has 2 fully saturated rings. The number of carbonyl (C=O) groups is 1. The highest BCUT2D eigenvalue weighted by molar-refractivity contribution is 5.41. The van der Waals surface area contributed by atoms with Crippen molar-refractivity contribution in [2.24, 2.45) is 17.3 Å². The number of rotatable bonds is 2. The lowest BCUT2D eigenvalue weighted by molar-refractivity contribution is -0.141. The van der Waals surface area contributed by atoms with Crippen LogP contribution in [0.25, 0.3) is 0 Å². The minimum absolute atomic E-state index is 0.108. The number of aryl methyl sites for hydroxylation is 1. The van der Waals surface area contributed by atoms with Crippen molar-refractivity contribution < 1.29 is 14.6 Å². The van der Waals surface area contributed by atoms with E-state index in [4.69, 9.17) is 4.74 Å². The molecule has 0 aromatic heterocycles. The Morgan fingerprint density at radius 3 is 2.95 bits per heavy atom. The number of phenolic OH excluding ortho intramolecular Hbond substituents is 1. The fourth-order valence-corrected chi connectivity index (χ4v) is 5.81. The predicted molar refractivity (Wildman–Crippen MR) is 83.7 cm³/mol. The highest BCUT2D eigenvalue weighted by Gasteiger charge is 2.55. The second-order valence-corrected chi connectivity index (χ2v) is 7.64. The number of fused-ring (bicyclic) bond motifs is 5. The van der Waals surface area contributed by atoms with Crippen molar-refractivity contribution in [3.63, 3.8) is 0 Å². The van der Waals surface area contributed by atoms with Gasteiger partial charge in [0.1, 0.15) is 11.9 Å². The molecule has 0 amide bonds. The minimum Gasteiger partial charge on any atom is -0.508 e. The van der Waals surface area contributed by atoms with Crippen LogP contribution in [-0.4, -0.2) is 17.7 Å². The molecule has 2 saturated carbocycles. The fraction of sp³-hybridized carbons (Fsp3) is 0.632. The van der Waals surface area contributed by atoms with Crippen molar-refractivity contribution in [1.82, 2.24) is 0 Å². The highest BCUT2D eigenvalue weighted by Crippen LogP contribution is 2.61. The average molecular weight is 300 g/mol. The summed E-state index contributed by atoms with van der Waals surface area (Å²) in [6, 6.07) is 5.92. The molecule has 3 heteroatoms. The van der Waals surface area contributed by atoms with Crippen molar-refractivity contribution >= 4 is 6.47 Å². The lowest BCUT2D eigenvalue weighted by Gasteiger charge is -2.50. The number of aromatic hydroxyl groups is 1. The Labute approximate surface area is 131 Å². The molecule has 118 valence electrons. The molecule has 3 aliphatic rings. The molecule has 0 heterocycles. The maximum absolute atomic E-state index is 10.8. The molecular formula is C19H24O3. The summed E-state index contributed by atoms with van der Waals surface area (Å²) in [4.78, 5) is 10.8. The number of benzene rings is 1. The van der Waals surface area contributed by atoms with Gasteiger partial charge in [0.25, 0.3) is 6.47 Å². The minimum atomic E-state index is 0.108. The molecule has 4 rings (SSSR count). The second kappa shape index (κ2) is 5.00. The monoisotopic (exact) mass is 300 g/mol. The van der Waals surface area contributed by atoms with E-state index in [0.29, 0.717) is 30.0 Å². The van der Waals surface area contributed by atoms with Crippen molar-refractivity contribution in [1.29, 1.82) is 0 Å². The zero-order valence-corrected chi connectivity index (χ0v) is 13.1. The summed E-state index contributed by atoms with van der Waals surface area (Å²) in [7, 11) is 0. The van der Waals surface area contributed by atoms with Crippen LogP contribution in [0.15, 0.2) is 18.2 Å². The number of ether oxygens (including phenoxy) is 1. The van der Waals surface area contributed by atoms with E-state index in [-0.39, 0.29) is 11.5 Å². The van der Waals surface area contributed by atoms with E-state index in [9.17, 15) is 9.90 Å². The van der Waals surface area contributed by atoms with E-state index in [1.165, 1.54) is 30.4 Å². The lowest BCUT2D eigenvalue weighted by atomic mass is 9.55. The van der Waals surface area contributed by atoms with Crippen LogP contribution in [0.4, 0.5) is 0 Å². The molecule has 0 spiro atoms. The first-order valence-corrected chi connectivity index (χ1v) is 8.54. The summed E-state index contributed by atoms with van der Waals surface area (Å²) in [6.45, 7) is 2.98. The van der Waals surface area contributed by atoms with Gasteiger partial charge in [-0.05, 0) is 79.5 Å². The van der Waals surface area contributed by atoms with Gasteiger partial charge in [0.15, 0.2) is 0 Å². The van der Waals surface area contributed by atoms with E-state index in [2.05, 4.69) is 13.0 Å². The van der Waals surface area contributed by atoms with E-state index in [1.54, 1.807) is 0 Å². The molecule has 5 atom stereocenters. The molecular weight excluding hydrogens is 276 g/mol. The van der Waals surface area contributed by atoms with Crippen LogP contribution in [0.1, 0.15) is 56.1 Å². The van der Waals surface area contributed by atoms with E-state index in [1.807, 2.05) is 12.1 Å². The zero-order valence-electron chi connectivity index (χ0n) is 13.1. The third-order valence-corrected chi connectivity index (χ3v) is 6.84. The van der Waals surface area contributed by atoms with Crippen LogP contribution in [0.5, 0.6) is 5.75 Å². The summed E-state index contributed by atoms with van der Waals surface area (Å²) >= 11 is 0. The normalized spacial score (nSPS) is 39.5. The Kier molecular flexibility index (Phi) is 3.21. The summed E-state index contributed by atoms with van der Waals surface area (Å²) in [5, 5.41) is 9.72.